The number of aromatic nitrogens is 2. The van der Waals surface area contributed by atoms with Crippen molar-refractivity contribution in [3.8, 4) is 5.69 Å². The summed E-state index contributed by atoms with van der Waals surface area (Å²) in [5, 5.41) is 10.4. The minimum absolute atomic E-state index is 0.0496. The second kappa shape index (κ2) is 9.46. The molecule has 0 saturated carbocycles. The highest BCUT2D eigenvalue weighted by Gasteiger charge is 2.36. The fraction of sp³-hybridized carbons (Fsp3) is 0.308. The van der Waals surface area contributed by atoms with Crippen LogP contribution in [0.4, 0.5) is 13.2 Å². The Hall–Kier alpha value is -3.39. The minimum atomic E-state index is -1.04. The Balaban J connectivity index is 1.66. The predicted molar refractivity (Wildman–Crippen MR) is 123 cm³/mol. The molecule has 34 heavy (non-hydrogen) atoms. The van der Waals surface area contributed by atoms with Gasteiger partial charge in [-0.25, -0.2) is 18.2 Å². The number of aliphatic hydroxyl groups excluding tert-OH is 1. The number of benzene rings is 2. The first-order valence-electron chi connectivity index (χ1n) is 11.1. The van der Waals surface area contributed by atoms with E-state index in [1.807, 2.05) is 13.8 Å². The number of rotatable bonds is 5. The van der Waals surface area contributed by atoms with E-state index >= 15 is 0 Å². The number of carbonyl (C=O) groups is 1. The van der Waals surface area contributed by atoms with Gasteiger partial charge in [-0.15, -0.1) is 0 Å². The van der Waals surface area contributed by atoms with Gasteiger partial charge in [-0.1, -0.05) is 19.1 Å². The lowest BCUT2D eigenvalue weighted by molar-refractivity contribution is -0.135. The van der Waals surface area contributed by atoms with Crippen LogP contribution in [-0.2, 0) is 4.79 Å². The molecule has 1 fully saturated rings. The van der Waals surface area contributed by atoms with Crippen molar-refractivity contribution < 1.29 is 23.1 Å². The second-order valence-electron chi connectivity index (χ2n) is 8.93. The van der Waals surface area contributed by atoms with Crippen LogP contribution in [0.1, 0.15) is 43.1 Å². The number of likely N-dealkylation sites (tertiary alicyclic amines) is 1. The van der Waals surface area contributed by atoms with Gasteiger partial charge in [0.25, 0.3) is 0 Å². The van der Waals surface area contributed by atoms with Crippen LogP contribution in [-0.4, -0.2) is 38.1 Å². The van der Waals surface area contributed by atoms with Crippen molar-refractivity contribution in [1.29, 1.82) is 0 Å². The first kappa shape index (κ1) is 23.8. The Kier molecular flexibility index (Phi) is 6.61. The van der Waals surface area contributed by atoms with Crippen LogP contribution in [0.2, 0.25) is 0 Å². The number of carbonyl (C=O) groups excluding carboxylic acids is 1. The molecule has 1 saturated heterocycles. The Morgan fingerprint density at radius 1 is 1.12 bits per heavy atom. The molecule has 1 aliphatic heterocycles. The Labute approximate surface area is 196 Å². The standard InChI is InChI=1S/C26H26F3N3O2/c1-15-8-20(9-18-4-7-24(23(29)10-18)31-13-16(2)30-14-31)26(34)32(12-15)25(17(3)33)19-5-6-21(27)22(28)11-19/h4-7,9-11,13-15,17,25,33H,8,12H2,1-3H3/b20-9+/t15-,17+,25-/m0/s1. The number of aryl methyl sites for hydroxylation is 1. The second-order valence-corrected chi connectivity index (χ2v) is 8.93. The first-order valence-corrected chi connectivity index (χ1v) is 11.1. The zero-order valence-electron chi connectivity index (χ0n) is 19.2. The van der Waals surface area contributed by atoms with Crippen molar-refractivity contribution in [2.75, 3.05) is 6.54 Å². The number of nitrogens with zero attached hydrogens (tertiary/aromatic N) is 3. The molecule has 2 aromatic carbocycles. The third kappa shape index (κ3) is 4.77. The zero-order valence-corrected chi connectivity index (χ0v) is 19.2. The molecule has 0 radical (unpaired) electrons. The fourth-order valence-electron chi connectivity index (χ4n) is 4.48. The number of aliphatic hydroxyl groups is 1. The van der Waals surface area contributed by atoms with Crippen molar-refractivity contribution in [2.45, 2.75) is 39.3 Å². The zero-order chi connectivity index (χ0) is 24.6. The molecule has 0 aliphatic carbocycles. The molecule has 0 bridgehead atoms. The van der Waals surface area contributed by atoms with Gasteiger partial charge in [-0.3, -0.25) is 4.79 Å². The van der Waals surface area contributed by atoms with E-state index in [4.69, 9.17) is 0 Å². The van der Waals surface area contributed by atoms with Crippen molar-refractivity contribution in [2.24, 2.45) is 5.92 Å². The van der Waals surface area contributed by atoms with E-state index in [0.29, 0.717) is 35.4 Å². The van der Waals surface area contributed by atoms with E-state index in [-0.39, 0.29) is 11.8 Å². The molecule has 1 amide bonds. The molecule has 1 N–H and O–H groups in total. The number of halogens is 3. The van der Waals surface area contributed by atoms with E-state index < -0.39 is 29.6 Å². The number of imidazole rings is 1. The highest BCUT2D eigenvalue weighted by atomic mass is 19.2. The van der Waals surface area contributed by atoms with Crippen molar-refractivity contribution in [3.63, 3.8) is 0 Å². The summed E-state index contributed by atoms with van der Waals surface area (Å²) in [6.07, 6.45) is 4.35. The van der Waals surface area contributed by atoms with Gasteiger partial charge < -0.3 is 14.6 Å². The predicted octanol–water partition coefficient (Wildman–Crippen LogP) is 4.97. The lowest BCUT2D eigenvalue weighted by Crippen LogP contribution is -2.46. The van der Waals surface area contributed by atoms with Crippen molar-refractivity contribution in [1.82, 2.24) is 14.5 Å². The van der Waals surface area contributed by atoms with E-state index in [2.05, 4.69) is 4.98 Å². The van der Waals surface area contributed by atoms with Crippen molar-refractivity contribution in [3.05, 3.63) is 88.8 Å². The maximum atomic E-state index is 14.8. The Morgan fingerprint density at radius 2 is 1.88 bits per heavy atom. The molecule has 4 rings (SSSR count). The number of piperidine rings is 1. The molecule has 5 nitrogen and oxygen atoms in total. The number of hydrogen-bond acceptors (Lipinski definition) is 3. The highest BCUT2D eigenvalue weighted by Crippen LogP contribution is 2.34. The molecule has 178 valence electrons. The van der Waals surface area contributed by atoms with Gasteiger partial charge in [0, 0.05) is 18.3 Å². The van der Waals surface area contributed by atoms with E-state index in [1.165, 1.54) is 30.3 Å². The highest BCUT2D eigenvalue weighted by molar-refractivity contribution is 5.99. The third-order valence-corrected chi connectivity index (χ3v) is 5.99. The van der Waals surface area contributed by atoms with Crippen LogP contribution in [0.25, 0.3) is 11.8 Å². The van der Waals surface area contributed by atoms with E-state index in [9.17, 15) is 23.1 Å². The summed E-state index contributed by atoms with van der Waals surface area (Å²) in [5.74, 6) is -2.77. The summed E-state index contributed by atoms with van der Waals surface area (Å²) in [5.41, 5.74) is 2.40. The Morgan fingerprint density at radius 3 is 2.50 bits per heavy atom. The maximum Gasteiger partial charge on any atom is 0.250 e. The molecule has 3 atom stereocenters. The minimum Gasteiger partial charge on any atom is -0.391 e. The monoisotopic (exact) mass is 469 g/mol. The van der Waals surface area contributed by atoms with Gasteiger partial charge in [0.1, 0.15) is 5.82 Å². The smallest absolute Gasteiger partial charge is 0.250 e. The molecular weight excluding hydrogens is 443 g/mol. The quantitative estimate of drug-likeness (QED) is 0.537. The van der Waals surface area contributed by atoms with Crippen LogP contribution < -0.4 is 0 Å². The summed E-state index contributed by atoms with van der Waals surface area (Å²) >= 11 is 0. The van der Waals surface area contributed by atoms with Gasteiger partial charge in [0.2, 0.25) is 5.91 Å². The van der Waals surface area contributed by atoms with Gasteiger partial charge in [0.15, 0.2) is 11.6 Å². The summed E-state index contributed by atoms with van der Waals surface area (Å²) in [7, 11) is 0. The molecule has 0 unspecified atom stereocenters. The molecule has 2 heterocycles. The molecule has 1 aromatic heterocycles. The van der Waals surface area contributed by atoms with Crippen LogP contribution in [0, 0.1) is 30.3 Å². The summed E-state index contributed by atoms with van der Waals surface area (Å²) in [4.78, 5) is 19.0. The average molecular weight is 470 g/mol. The topological polar surface area (TPSA) is 58.4 Å². The van der Waals surface area contributed by atoms with Gasteiger partial charge in [-0.05, 0) is 67.7 Å². The lowest BCUT2D eigenvalue weighted by atomic mass is 9.89. The summed E-state index contributed by atoms with van der Waals surface area (Å²) in [6, 6.07) is 7.22. The fourth-order valence-corrected chi connectivity index (χ4v) is 4.48. The maximum absolute atomic E-state index is 14.8. The largest absolute Gasteiger partial charge is 0.391 e. The van der Waals surface area contributed by atoms with Gasteiger partial charge >= 0.3 is 0 Å². The molecule has 1 aliphatic rings. The summed E-state index contributed by atoms with van der Waals surface area (Å²) < 4.78 is 43.7. The first-order chi connectivity index (χ1) is 16.1. The lowest BCUT2D eigenvalue weighted by Gasteiger charge is -2.40. The van der Waals surface area contributed by atoms with E-state index in [1.54, 1.807) is 29.0 Å². The SMILES string of the molecule is Cc1cn(-c2ccc(/C=C3\C[C@H](C)CN([C@H](c4ccc(F)c(F)c4)[C@@H](C)O)C3=O)cc2F)cn1. The number of amides is 1. The molecule has 8 heteroatoms. The van der Waals surface area contributed by atoms with Gasteiger partial charge in [0.05, 0.1) is 29.9 Å². The van der Waals surface area contributed by atoms with Gasteiger partial charge in [-0.2, -0.15) is 0 Å². The van der Waals surface area contributed by atoms with Crippen LogP contribution in [0.3, 0.4) is 0 Å². The van der Waals surface area contributed by atoms with E-state index in [0.717, 1.165) is 17.8 Å². The summed E-state index contributed by atoms with van der Waals surface area (Å²) in [6.45, 7) is 5.63. The van der Waals surface area contributed by atoms with Crippen LogP contribution in [0.15, 0.2) is 54.5 Å². The van der Waals surface area contributed by atoms with Crippen molar-refractivity contribution >= 4 is 12.0 Å². The number of hydrogen-bond donors (Lipinski definition) is 1. The Bertz CT molecular complexity index is 1250. The average Bonchev–Trinajstić information content (AvgIpc) is 3.19. The normalized spacial score (nSPS) is 19.5. The third-order valence-electron chi connectivity index (χ3n) is 5.99. The van der Waals surface area contributed by atoms with Crippen LogP contribution >= 0.6 is 0 Å². The molecule has 0 spiro atoms. The molecular formula is C26H26F3N3O2. The molecule has 3 aromatic rings. The van der Waals surface area contributed by atoms with Crippen LogP contribution in [0.5, 0.6) is 0 Å².